The van der Waals surface area contributed by atoms with E-state index in [1.54, 1.807) is 16.3 Å². The highest BCUT2D eigenvalue weighted by atomic mass is 16.2. The fourth-order valence-corrected chi connectivity index (χ4v) is 4.64. The Morgan fingerprint density at radius 2 is 1.91 bits per heavy atom. The number of aromatic nitrogens is 4. The van der Waals surface area contributed by atoms with E-state index in [1.165, 1.54) is 0 Å². The largest absolute Gasteiger partial charge is 0.329 e. The Bertz CT molecular complexity index is 1440. The smallest absolute Gasteiger partial charge is 0.322 e. The molecule has 3 N–H and O–H groups in total. The van der Waals surface area contributed by atoms with E-state index in [0.29, 0.717) is 5.82 Å². The van der Waals surface area contributed by atoms with E-state index in [2.05, 4.69) is 11.4 Å². The zero-order valence-corrected chi connectivity index (χ0v) is 19.1. The zero-order valence-electron chi connectivity index (χ0n) is 19.1. The third-order valence-electron chi connectivity index (χ3n) is 6.60. The van der Waals surface area contributed by atoms with Gasteiger partial charge < -0.3 is 11.1 Å². The monoisotopic (exact) mass is 444 g/mol. The molecule has 4 aromatic rings. The van der Waals surface area contributed by atoms with Crippen molar-refractivity contribution >= 4 is 22.8 Å². The highest BCUT2D eigenvalue weighted by molar-refractivity contribution is 6.00. The summed E-state index contributed by atoms with van der Waals surface area (Å²) in [5.74, 6) is 0.282. The summed E-state index contributed by atoms with van der Waals surface area (Å²) < 4.78 is 5.30. The number of carbonyl (C=O) groups is 1. The van der Waals surface area contributed by atoms with Gasteiger partial charge in [0.05, 0.1) is 23.1 Å². The average molecular weight is 445 g/mol. The van der Waals surface area contributed by atoms with Gasteiger partial charge in [-0.25, -0.2) is 4.79 Å². The van der Waals surface area contributed by atoms with Gasteiger partial charge in [0.25, 0.3) is 0 Å². The van der Waals surface area contributed by atoms with Crippen molar-refractivity contribution in [2.24, 2.45) is 19.8 Å². The number of carbonyl (C=O) groups excluding carboxylic acids is 1. The van der Waals surface area contributed by atoms with E-state index >= 15 is 0 Å². The normalized spacial score (nSPS) is 13.9. The first-order valence-corrected chi connectivity index (χ1v) is 11.2. The van der Waals surface area contributed by atoms with Crippen molar-refractivity contribution in [3.63, 3.8) is 0 Å². The van der Waals surface area contributed by atoms with E-state index in [9.17, 15) is 9.59 Å². The van der Waals surface area contributed by atoms with Crippen LogP contribution in [0.3, 0.4) is 0 Å². The molecule has 1 saturated carbocycles. The molecular formula is C25H28N6O2. The van der Waals surface area contributed by atoms with Crippen LogP contribution in [0.1, 0.15) is 30.9 Å². The summed E-state index contributed by atoms with van der Waals surface area (Å²) in [6, 6.07) is 14.4. The molecule has 1 fully saturated rings. The van der Waals surface area contributed by atoms with Crippen LogP contribution < -0.4 is 16.7 Å². The molecule has 1 amide bonds. The lowest BCUT2D eigenvalue weighted by molar-refractivity contribution is -0.114. The number of hydrogen-bond acceptors (Lipinski definition) is 4. The maximum atomic E-state index is 13.0. The molecule has 1 aliphatic rings. The fraction of sp³-hybridized carbons (Fsp3) is 0.320. The fourth-order valence-electron chi connectivity index (χ4n) is 4.64. The minimum Gasteiger partial charge on any atom is -0.322 e. The minimum atomic E-state index is -0.292. The molecule has 8 heteroatoms. The lowest BCUT2D eigenvalue weighted by atomic mass is 9.92. The molecule has 5 rings (SSSR count). The average Bonchev–Trinajstić information content (AvgIpc) is 3.22. The number of nitrogens with two attached hydrogens (primary N) is 1. The Morgan fingerprint density at radius 1 is 1.12 bits per heavy atom. The molecule has 0 bridgehead atoms. The van der Waals surface area contributed by atoms with Gasteiger partial charge in [-0.15, -0.1) is 0 Å². The number of benzene rings is 2. The van der Waals surface area contributed by atoms with Crippen LogP contribution in [-0.4, -0.2) is 31.4 Å². The quantitative estimate of drug-likeness (QED) is 0.493. The molecule has 8 nitrogen and oxygen atoms in total. The van der Waals surface area contributed by atoms with Gasteiger partial charge in [-0.1, -0.05) is 29.8 Å². The number of hydrogen-bond donors (Lipinski definition) is 2. The molecule has 0 unspecified atom stereocenters. The van der Waals surface area contributed by atoms with Gasteiger partial charge in [0, 0.05) is 25.7 Å². The van der Waals surface area contributed by atoms with Gasteiger partial charge in [0.1, 0.15) is 11.5 Å². The first-order valence-electron chi connectivity index (χ1n) is 11.2. The van der Waals surface area contributed by atoms with Crippen LogP contribution >= 0.6 is 0 Å². The summed E-state index contributed by atoms with van der Waals surface area (Å²) in [6.07, 6.45) is 3.23. The molecular weight excluding hydrogens is 416 g/mol. The van der Waals surface area contributed by atoms with Crippen LogP contribution in [0.2, 0.25) is 0 Å². The topological polar surface area (TPSA) is 99.9 Å². The maximum absolute atomic E-state index is 13.0. The molecule has 0 spiro atoms. The van der Waals surface area contributed by atoms with Crippen molar-refractivity contribution in [1.82, 2.24) is 18.9 Å². The number of rotatable bonds is 5. The highest BCUT2D eigenvalue weighted by Crippen LogP contribution is 2.39. The molecule has 1 aliphatic carbocycles. The van der Waals surface area contributed by atoms with Crippen molar-refractivity contribution < 1.29 is 4.79 Å². The van der Waals surface area contributed by atoms with Crippen LogP contribution in [0.4, 0.5) is 5.82 Å². The first kappa shape index (κ1) is 21.2. The van der Waals surface area contributed by atoms with Crippen LogP contribution in [0.25, 0.3) is 33.4 Å². The van der Waals surface area contributed by atoms with E-state index in [1.807, 2.05) is 54.9 Å². The number of anilines is 1. The second kappa shape index (κ2) is 8.04. The van der Waals surface area contributed by atoms with Gasteiger partial charge in [-0.05, 0) is 49.9 Å². The molecule has 33 heavy (non-hydrogen) atoms. The van der Waals surface area contributed by atoms with Gasteiger partial charge >= 0.3 is 5.69 Å². The Balaban J connectivity index is 1.74. The van der Waals surface area contributed by atoms with Crippen molar-refractivity contribution in [2.75, 3.05) is 11.9 Å². The predicted octanol–water partition coefficient (Wildman–Crippen LogP) is 3.34. The Labute approximate surface area is 191 Å². The van der Waals surface area contributed by atoms with Crippen molar-refractivity contribution in [3.05, 3.63) is 58.5 Å². The predicted molar refractivity (Wildman–Crippen MR) is 130 cm³/mol. The number of nitrogens with zero attached hydrogens (tertiary/aromatic N) is 4. The Kier molecular flexibility index (Phi) is 5.17. The Hall–Kier alpha value is -3.65. The Morgan fingerprint density at radius 3 is 2.58 bits per heavy atom. The van der Waals surface area contributed by atoms with Crippen molar-refractivity contribution in [3.8, 4) is 22.4 Å². The summed E-state index contributed by atoms with van der Waals surface area (Å²) in [7, 11) is 3.61. The van der Waals surface area contributed by atoms with E-state index in [-0.39, 0.29) is 24.2 Å². The number of aryl methyl sites for hydroxylation is 3. The number of nitrogens with one attached hydrogen (secondary N) is 1. The van der Waals surface area contributed by atoms with Gasteiger partial charge in [-0.2, -0.15) is 5.10 Å². The third-order valence-corrected chi connectivity index (χ3v) is 6.60. The molecule has 0 aliphatic heterocycles. The lowest BCUT2D eigenvalue weighted by Gasteiger charge is -2.26. The highest BCUT2D eigenvalue weighted by Gasteiger charge is 2.26. The molecule has 2 aromatic carbocycles. The second-order valence-electron chi connectivity index (χ2n) is 8.82. The molecule has 0 radical (unpaired) electrons. The molecule has 0 atom stereocenters. The standard InChI is InChI=1S/C25H28N6O2/c1-15-6-4-7-17(12-15)23-22(24(30(3)28-23)27-21(32)14-26)16-10-11-19-20(13-16)29(2)25(33)31(19)18-8-5-9-18/h4,6-7,10-13,18H,5,8-9,14,26H2,1-3H3,(H,27,32). The van der Waals surface area contributed by atoms with E-state index < -0.39 is 0 Å². The molecule has 170 valence electrons. The van der Waals surface area contributed by atoms with Crippen LogP contribution in [0.15, 0.2) is 47.3 Å². The second-order valence-corrected chi connectivity index (χ2v) is 8.82. The number of amides is 1. The van der Waals surface area contributed by atoms with Crippen LogP contribution in [0, 0.1) is 6.92 Å². The molecule has 2 aromatic heterocycles. The summed E-state index contributed by atoms with van der Waals surface area (Å²) in [5, 5.41) is 7.66. The van der Waals surface area contributed by atoms with Gasteiger partial charge in [0.2, 0.25) is 5.91 Å². The summed E-state index contributed by atoms with van der Waals surface area (Å²) in [6.45, 7) is 1.91. The lowest BCUT2D eigenvalue weighted by Crippen LogP contribution is -2.29. The summed E-state index contributed by atoms with van der Waals surface area (Å²) >= 11 is 0. The number of imidazole rings is 1. The molecule has 0 saturated heterocycles. The van der Waals surface area contributed by atoms with Crippen LogP contribution in [-0.2, 0) is 18.9 Å². The summed E-state index contributed by atoms with van der Waals surface area (Å²) in [4.78, 5) is 25.2. The van der Waals surface area contributed by atoms with Gasteiger partial charge in [-0.3, -0.25) is 18.6 Å². The van der Waals surface area contributed by atoms with E-state index in [0.717, 1.165) is 58.2 Å². The van der Waals surface area contributed by atoms with E-state index in [4.69, 9.17) is 10.8 Å². The molecule has 2 heterocycles. The zero-order chi connectivity index (χ0) is 23.3. The SMILES string of the molecule is Cc1cccc(-c2nn(C)c(NC(=O)CN)c2-c2ccc3c(c2)n(C)c(=O)n3C2CCC2)c1. The van der Waals surface area contributed by atoms with Crippen molar-refractivity contribution in [2.45, 2.75) is 32.2 Å². The summed E-state index contributed by atoms with van der Waals surface area (Å²) in [5.41, 5.74) is 11.9. The van der Waals surface area contributed by atoms with Crippen LogP contribution in [0.5, 0.6) is 0 Å². The van der Waals surface area contributed by atoms with Crippen molar-refractivity contribution in [1.29, 1.82) is 0 Å². The maximum Gasteiger partial charge on any atom is 0.329 e. The first-order chi connectivity index (χ1) is 15.9. The number of fused-ring (bicyclic) bond motifs is 1. The third kappa shape index (κ3) is 3.47. The minimum absolute atomic E-state index is 0.00797. The van der Waals surface area contributed by atoms with Gasteiger partial charge in [0.15, 0.2) is 0 Å².